The van der Waals surface area contributed by atoms with E-state index in [1.807, 2.05) is 0 Å². The maximum absolute atomic E-state index is 11.3. The summed E-state index contributed by atoms with van der Waals surface area (Å²) in [5.41, 5.74) is -0.658. The van der Waals surface area contributed by atoms with E-state index in [0.717, 1.165) is 0 Å². The number of carbonyl (C=O) groups is 3. The summed E-state index contributed by atoms with van der Waals surface area (Å²) in [6.45, 7) is 7.80. The number of hydrogen-bond acceptors (Lipinski definition) is 7. The summed E-state index contributed by atoms with van der Waals surface area (Å²) < 4.78 is 18.7. The Labute approximate surface area is 117 Å². The number of ether oxygens (including phenoxy) is 4. The van der Waals surface area contributed by atoms with E-state index in [2.05, 4.69) is 14.8 Å². The number of alkyl carbamates (subject to hydrolysis) is 1. The SMILES string of the molecule is CCOC(=O)OC(C)OC(=O)CNC(=O)OC(C)(C)C. The lowest BCUT2D eigenvalue weighted by Crippen LogP contribution is -2.37. The smallest absolute Gasteiger partial charge is 0.444 e. The van der Waals surface area contributed by atoms with Gasteiger partial charge in [-0.3, -0.25) is 4.79 Å². The number of esters is 1. The highest BCUT2D eigenvalue weighted by molar-refractivity contribution is 5.78. The van der Waals surface area contributed by atoms with E-state index in [1.54, 1.807) is 27.7 Å². The molecule has 0 bridgehead atoms. The van der Waals surface area contributed by atoms with E-state index < -0.39 is 36.7 Å². The summed E-state index contributed by atoms with van der Waals surface area (Å²) in [6, 6.07) is 0. The predicted octanol–water partition coefficient (Wildman–Crippen LogP) is 1.57. The van der Waals surface area contributed by atoms with Crippen LogP contribution >= 0.6 is 0 Å². The van der Waals surface area contributed by atoms with Crippen molar-refractivity contribution in [2.24, 2.45) is 0 Å². The van der Waals surface area contributed by atoms with Crippen LogP contribution in [0.5, 0.6) is 0 Å². The van der Waals surface area contributed by atoms with Gasteiger partial charge in [0, 0.05) is 6.92 Å². The third kappa shape index (κ3) is 9.98. The Balaban J connectivity index is 3.94. The van der Waals surface area contributed by atoms with Crippen LogP contribution in [0.2, 0.25) is 0 Å². The second-order valence-electron chi connectivity index (χ2n) is 4.71. The van der Waals surface area contributed by atoms with Gasteiger partial charge in [0.15, 0.2) is 0 Å². The number of hydrogen-bond donors (Lipinski definition) is 1. The summed E-state index contributed by atoms with van der Waals surface area (Å²) >= 11 is 0. The lowest BCUT2D eigenvalue weighted by atomic mass is 10.2. The van der Waals surface area contributed by atoms with Crippen LogP contribution in [0.15, 0.2) is 0 Å². The zero-order chi connectivity index (χ0) is 15.8. The minimum atomic E-state index is -1.11. The molecule has 0 aromatic heterocycles. The van der Waals surface area contributed by atoms with Gasteiger partial charge >= 0.3 is 18.2 Å². The molecule has 0 saturated heterocycles. The van der Waals surface area contributed by atoms with Crippen LogP contribution in [0.1, 0.15) is 34.6 Å². The molecule has 116 valence electrons. The molecule has 0 aliphatic heterocycles. The van der Waals surface area contributed by atoms with E-state index >= 15 is 0 Å². The Morgan fingerprint density at radius 1 is 1.15 bits per heavy atom. The zero-order valence-electron chi connectivity index (χ0n) is 12.3. The predicted molar refractivity (Wildman–Crippen MR) is 67.9 cm³/mol. The molecule has 0 aromatic rings. The Kier molecular flexibility index (Phi) is 7.42. The molecule has 1 amide bonds. The molecule has 8 heteroatoms. The van der Waals surface area contributed by atoms with E-state index in [4.69, 9.17) is 9.47 Å². The average Bonchev–Trinajstić information content (AvgIpc) is 2.23. The fraction of sp³-hybridized carbons (Fsp3) is 0.750. The minimum Gasteiger partial charge on any atom is -0.444 e. The molecule has 0 rings (SSSR count). The fourth-order valence-electron chi connectivity index (χ4n) is 0.997. The lowest BCUT2D eigenvalue weighted by molar-refractivity contribution is -0.166. The molecule has 0 spiro atoms. The van der Waals surface area contributed by atoms with Gasteiger partial charge in [0.05, 0.1) is 6.61 Å². The van der Waals surface area contributed by atoms with Gasteiger partial charge in [-0.1, -0.05) is 0 Å². The first-order valence-corrected chi connectivity index (χ1v) is 6.13. The van der Waals surface area contributed by atoms with Crippen LogP contribution < -0.4 is 5.32 Å². The molecule has 0 radical (unpaired) electrons. The molecule has 1 atom stereocenters. The number of carbonyl (C=O) groups excluding carboxylic acids is 3. The molecule has 1 unspecified atom stereocenters. The van der Waals surface area contributed by atoms with E-state index in [9.17, 15) is 14.4 Å². The number of amides is 1. The van der Waals surface area contributed by atoms with Crippen molar-refractivity contribution in [2.45, 2.75) is 46.5 Å². The number of nitrogens with one attached hydrogen (secondary N) is 1. The van der Waals surface area contributed by atoms with Gasteiger partial charge in [0.25, 0.3) is 0 Å². The standard InChI is InChI=1S/C12H21NO7/c1-6-17-11(16)19-8(2)18-9(14)7-13-10(15)20-12(3,4)5/h8H,6-7H2,1-5H3,(H,13,15). The molecule has 1 N–H and O–H groups in total. The molecular formula is C12H21NO7. The normalized spacial score (nSPS) is 12.1. The van der Waals surface area contributed by atoms with Gasteiger partial charge in [0.1, 0.15) is 12.1 Å². The van der Waals surface area contributed by atoms with E-state index in [0.29, 0.717) is 0 Å². The van der Waals surface area contributed by atoms with Gasteiger partial charge in [-0.25, -0.2) is 9.59 Å². The first kappa shape index (κ1) is 18.0. The second kappa shape index (κ2) is 8.23. The maximum Gasteiger partial charge on any atom is 0.511 e. The highest BCUT2D eigenvalue weighted by Crippen LogP contribution is 2.06. The molecule has 0 aliphatic rings. The summed E-state index contributed by atoms with van der Waals surface area (Å²) in [4.78, 5) is 33.5. The van der Waals surface area contributed by atoms with Crippen molar-refractivity contribution in [3.8, 4) is 0 Å². The Hall–Kier alpha value is -1.99. The summed E-state index contributed by atoms with van der Waals surface area (Å²) in [5, 5.41) is 2.22. The van der Waals surface area contributed by atoms with Crippen LogP contribution in [-0.2, 0) is 23.7 Å². The van der Waals surface area contributed by atoms with Gasteiger partial charge in [-0.05, 0) is 27.7 Å². The van der Waals surface area contributed by atoms with Gasteiger partial charge < -0.3 is 24.3 Å². The summed E-state index contributed by atoms with van der Waals surface area (Å²) in [7, 11) is 0. The Morgan fingerprint density at radius 3 is 2.25 bits per heavy atom. The summed E-state index contributed by atoms with van der Waals surface area (Å²) in [6.07, 6.45) is -2.79. The van der Waals surface area contributed by atoms with Gasteiger partial charge in [0.2, 0.25) is 6.29 Å². The van der Waals surface area contributed by atoms with Crippen molar-refractivity contribution in [1.82, 2.24) is 5.32 Å². The second-order valence-corrected chi connectivity index (χ2v) is 4.71. The molecule has 0 aromatic carbocycles. The number of rotatable bonds is 5. The maximum atomic E-state index is 11.3. The largest absolute Gasteiger partial charge is 0.511 e. The molecule has 0 saturated carbocycles. The molecule has 0 aliphatic carbocycles. The molecule has 8 nitrogen and oxygen atoms in total. The summed E-state index contributed by atoms with van der Waals surface area (Å²) in [5.74, 6) is -0.771. The average molecular weight is 291 g/mol. The monoisotopic (exact) mass is 291 g/mol. The highest BCUT2D eigenvalue weighted by Gasteiger charge is 2.18. The zero-order valence-corrected chi connectivity index (χ0v) is 12.3. The molecular weight excluding hydrogens is 270 g/mol. The van der Waals surface area contributed by atoms with Crippen molar-refractivity contribution in [1.29, 1.82) is 0 Å². The van der Waals surface area contributed by atoms with Crippen LogP contribution in [0.25, 0.3) is 0 Å². The van der Waals surface area contributed by atoms with E-state index in [-0.39, 0.29) is 6.61 Å². The minimum absolute atomic E-state index is 0.152. The van der Waals surface area contributed by atoms with E-state index in [1.165, 1.54) is 6.92 Å². The highest BCUT2D eigenvalue weighted by atomic mass is 16.8. The van der Waals surface area contributed by atoms with Crippen molar-refractivity contribution in [3.05, 3.63) is 0 Å². The first-order chi connectivity index (χ1) is 9.14. The van der Waals surface area contributed by atoms with Crippen molar-refractivity contribution in [2.75, 3.05) is 13.2 Å². The third-order valence-electron chi connectivity index (χ3n) is 1.60. The van der Waals surface area contributed by atoms with Gasteiger partial charge in [-0.15, -0.1) is 0 Å². The van der Waals surface area contributed by atoms with Crippen LogP contribution in [0, 0.1) is 0 Å². The van der Waals surface area contributed by atoms with Gasteiger partial charge in [-0.2, -0.15) is 0 Å². The molecule has 20 heavy (non-hydrogen) atoms. The Morgan fingerprint density at radius 2 is 1.75 bits per heavy atom. The first-order valence-electron chi connectivity index (χ1n) is 6.13. The van der Waals surface area contributed by atoms with Crippen LogP contribution in [-0.4, -0.2) is 43.3 Å². The van der Waals surface area contributed by atoms with Crippen LogP contribution in [0.4, 0.5) is 9.59 Å². The lowest BCUT2D eigenvalue weighted by Gasteiger charge is -2.19. The van der Waals surface area contributed by atoms with Crippen molar-refractivity contribution in [3.63, 3.8) is 0 Å². The quantitative estimate of drug-likeness (QED) is 0.466. The van der Waals surface area contributed by atoms with Crippen molar-refractivity contribution < 1.29 is 33.3 Å². The third-order valence-corrected chi connectivity index (χ3v) is 1.60. The Bertz CT molecular complexity index is 348. The van der Waals surface area contributed by atoms with Crippen LogP contribution in [0.3, 0.4) is 0 Å². The van der Waals surface area contributed by atoms with Crippen molar-refractivity contribution >= 4 is 18.2 Å². The molecule has 0 heterocycles. The molecule has 0 fully saturated rings. The fourth-order valence-corrected chi connectivity index (χ4v) is 0.997. The topological polar surface area (TPSA) is 100 Å².